The topological polar surface area (TPSA) is 47.4 Å². The highest BCUT2D eigenvalue weighted by atomic mass is 16.5. The number of hydrogen-bond donors (Lipinski definition) is 0. The number of amides is 1. The Morgan fingerprint density at radius 2 is 2.35 bits per heavy atom. The van der Waals surface area contributed by atoms with Crippen LogP contribution in [0.25, 0.3) is 0 Å². The maximum absolute atomic E-state index is 12.9. The molecule has 0 saturated carbocycles. The third-order valence-corrected chi connectivity index (χ3v) is 4.23. The number of nitrogens with zero attached hydrogens (tertiary/aromatic N) is 3. The monoisotopic (exact) mass is 313 g/mol. The average Bonchev–Trinajstić information content (AvgIpc) is 3.17. The van der Waals surface area contributed by atoms with Crippen LogP contribution < -0.4 is 0 Å². The molecule has 1 unspecified atom stereocenters. The van der Waals surface area contributed by atoms with Crippen molar-refractivity contribution in [1.29, 1.82) is 0 Å². The minimum Gasteiger partial charge on any atom is -0.376 e. The molecule has 2 heterocycles. The van der Waals surface area contributed by atoms with Crippen LogP contribution in [0.4, 0.5) is 0 Å². The lowest BCUT2D eigenvalue weighted by atomic mass is 10.1. The van der Waals surface area contributed by atoms with E-state index < -0.39 is 0 Å². The Kier molecular flexibility index (Phi) is 4.76. The molecule has 1 aromatic heterocycles. The summed E-state index contributed by atoms with van der Waals surface area (Å²) in [5.41, 5.74) is 2.95. The summed E-state index contributed by atoms with van der Waals surface area (Å²) in [5.74, 6) is 0.00186. The largest absolute Gasteiger partial charge is 0.376 e. The van der Waals surface area contributed by atoms with Gasteiger partial charge < -0.3 is 14.2 Å². The summed E-state index contributed by atoms with van der Waals surface area (Å²) in [7, 11) is 1.84. The van der Waals surface area contributed by atoms with Crippen molar-refractivity contribution in [3.05, 3.63) is 53.6 Å². The van der Waals surface area contributed by atoms with Gasteiger partial charge in [0.2, 0.25) is 0 Å². The molecule has 5 nitrogen and oxygen atoms in total. The van der Waals surface area contributed by atoms with Crippen LogP contribution in [-0.2, 0) is 18.3 Å². The van der Waals surface area contributed by atoms with E-state index in [1.807, 2.05) is 18.0 Å². The molecule has 0 spiro atoms. The first-order valence-electron chi connectivity index (χ1n) is 8.06. The van der Waals surface area contributed by atoms with E-state index in [0.29, 0.717) is 18.8 Å². The van der Waals surface area contributed by atoms with Gasteiger partial charge in [0, 0.05) is 26.7 Å². The van der Waals surface area contributed by atoms with Gasteiger partial charge in [-0.05, 0) is 25.3 Å². The van der Waals surface area contributed by atoms with Gasteiger partial charge >= 0.3 is 0 Å². The highest BCUT2D eigenvalue weighted by molar-refractivity contribution is 5.92. The Morgan fingerprint density at radius 1 is 1.48 bits per heavy atom. The molecule has 122 valence electrons. The normalized spacial score (nSPS) is 17.4. The van der Waals surface area contributed by atoms with Crippen molar-refractivity contribution in [3.63, 3.8) is 0 Å². The van der Waals surface area contributed by atoms with Gasteiger partial charge in [0.15, 0.2) is 0 Å². The summed E-state index contributed by atoms with van der Waals surface area (Å²) >= 11 is 0. The van der Waals surface area contributed by atoms with Crippen LogP contribution in [0.1, 0.15) is 34.5 Å². The van der Waals surface area contributed by atoms with E-state index in [4.69, 9.17) is 4.74 Å². The molecule has 0 N–H and O–H groups in total. The SMILES string of the molecule is Cc1cccc(CN(CC2CCCO2)C(=O)c2cncn2C)c1. The molecular formula is C18H23N3O2. The molecule has 1 aliphatic rings. The van der Waals surface area contributed by atoms with E-state index in [1.54, 1.807) is 17.1 Å². The number of hydrogen-bond acceptors (Lipinski definition) is 3. The van der Waals surface area contributed by atoms with E-state index in [0.717, 1.165) is 25.0 Å². The molecule has 2 aromatic rings. The average molecular weight is 313 g/mol. The lowest BCUT2D eigenvalue weighted by Gasteiger charge is -2.25. The van der Waals surface area contributed by atoms with Crippen LogP contribution in [0.5, 0.6) is 0 Å². The van der Waals surface area contributed by atoms with E-state index in [2.05, 4.69) is 30.1 Å². The molecule has 5 heteroatoms. The standard InChI is InChI=1S/C18H23N3O2/c1-14-5-3-6-15(9-14)11-21(12-16-7-4-8-23-16)18(22)17-10-19-13-20(17)2/h3,5-6,9-10,13,16H,4,7-8,11-12H2,1-2H3. The van der Waals surface area contributed by atoms with Crippen LogP contribution in [0.15, 0.2) is 36.8 Å². The molecule has 1 aliphatic heterocycles. The van der Waals surface area contributed by atoms with Gasteiger partial charge in [0.1, 0.15) is 5.69 Å². The zero-order valence-electron chi connectivity index (χ0n) is 13.7. The van der Waals surface area contributed by atoms with Gasteiger partial charge in [-0.1, -0.05) is 29.8 Å². The van der Waals surface area contributed by atoms with Gasteiger partial charge in [0.05, 0.1) is 18.6 Å². The van der Waals surface area contributed by atoms with Gasteiger partial charge in [-0.15, -0.1) is 0 Å². The second-order valence-electron chi connectivity index (χ2n) is 6.20. The number of carbonyl (C=O) groups excluding carboxylic acids is 1. The molecular weight excluding hydrogens is 290 g/mol. The van der Waals surface area contributed by atoms with E-state index in [1.165, 1.54) is 5.56 Å². The number of aryl methyl sites for hydroxylation is 2. The Hall–Kier alpha value is -2.14. The third kappa shape index (κ3) is 3.79. The van der Waals surface area contributed by atoms with Crippen molar-refractivity contribution in [1.82, 2.24) is 14.5 Å². The number of rotatable bonds is 5. The Balaban J connectivity index is 1.80. The van der Waals surface area contributed by atoms with Crippen molar-refractivity contribution >= 4 is 5.91 Å². The minimum atomic E-state index is 0.00186. The fraction of sp³-hybridized carbons (Fsp3) is 0.444. The molecule has 23 heavy (non-hydrogen) atoms. The predicted molar refractivity (Wildman–Crippen MR) is 88.1 cm³/mol. The Labute approximate surface area is 136 Å². The summed E-state index contributed by atoms with van der Waals surface area (Å²) in [5, 5.41) is 0. The molecule has 1 aromatic carbocycles. The minimum absolute atomic E-state index is 0.00186. The van der Waals surface area contributed by atoms with Gasteiger partial charge in [0.25, 0.3) is 5.91 Å². The zero-order valence-corrected chi connectivity index (χ0v) is 13.7. The van der Waals surface area contributed by atoms with Crippen LogP contribution in [0.3, 0.4) is 0 Å². The summed E-state index contributed by atoms with van der Waals surface area (Å²) < 4.78 is 7.49. The highest BCUT2D eigenvalue weighted by Gasteiger charge is 2.25. The first-order chi connectivity index (χ1) is 11.1. The van der Waals surface area contributed by atoms with Crippen LogP contribution in [0.2, 0.25) is 0 Å². The quantitative estimate of drug-likeness (QED) is 0.852. The van der Waals surface area contributed by atoms with E-state index >= 15 is 0 Å². The summed E-state index contributed by atoms with van der Waals surface area (Å²) in [6.07, 6.45) is 5.51. The second-order valence-corrected chi connectivity index (χ2v) is 6.20. The van der Waals surface area contributed by atoms with Crippen molar-refractivity contribution in [2.75, 3.05) is 13.2 Å². The van der Waals surface area contributed by atoms with Crippen molar-refractivity contribution in [2.45, 2.75) is 32.4 Å². The number of imidazole rings is 1. The van der Waals surface area contributed by atoms with Crippen LogP contribution >= 0.6 is 0 Å². The van der Waals surface area contributed by atoms with Crippen LogP contribution in [0, 0.1) is 6.92 Å². The number of benzene rings is 1. The predicted octanol–water partition coefficient (Wildman–Crippen LogP) is 2.55. The molecule has 1 atom stereocenters. The molecule has 0 bridgehead atoms. The molecule has 1 amide bonds. The first-order valence-corrected chi connectivity index (χ1v) is 8.06. The maximum Gasteiger partial charge on any atom is 0.272 e. The smallest absolute Gasteiger partial charge is 0.272 e. The van der Waals surface area contributed by atoms with Gasteiger partial charge in [-0.2, -0.15) is 0 Å². The molecule has 1 saturated heterocycles. The molecule has 0 aliphatic carbocycles. The second kappa shape index (κ2) is 6.96. The zero-order chi connectivity index (χ0) is 16.2. The summed E-state index contributed by atoms with van der Waals surface area (Å²) in [6.45, 7) is 4.07. The molecule has 3 rings (SSSR count). The number of ether oxygens (including phenoxy) is 1. The van der Waals surface area contributed by atoms with E-state index in [9.17, 15) is 4.79 Å². The Morgan fingerprint density at radius 3 is 3.00 bits per heavy atom. The number of carbonyl (C=O) groups is 1. The summed E-state index contributed by atoms with van der Waals surface area (Å²) in [6, 6.07) is 8.28. The van der Waals surface area contributed by atoms with Crippen LogP contribution in [-0.4, -0.2) is 39.6 Å². The van der Waals surface area contributed by atoms with Crippen molar-refractivity contribution < 1.29 is 9.53 Å². The number of aromatic nitrogens is 2. The van der Waals surface area contributed by atoms with Crippen molar-refractivity contribution in [2.24, 2.45) is 7.05 Å². The maximum atomic E-state index is 12.9. The van der Waals surface area contributed by atoms with Gasteiger partial charge in [-0.25, -0.2) is 4.98 Å². The highest BCUT2D eigenvalue weighted by Crippen LogP contribution is 2.17. The lowest BCUT2D eigenvalue weighted by molar-refractivity contribution is 0.0500. The fourth-order valence-corrected chi connectivity index (χ4v) is 3.01. The summed E-state index contributed by atoms with van der Waals surface area (Å²) in [4.78, 5) is 18.9. The first kappa shape index (κ1) is 15.7. The van der Waals surface area contributed by atoms with Crippen molar-refractivity contribution in [3.8, 4) is 0 Å². The Bertz CT molecular complexity index is 674. The third-order valence-electron chi connectivity index (χ3n) is 4.23. The lowest BCUT2D eigenvalue weighted by Crippen LogP contribution is -2.37. The molecule has 0 radical (unpaired) electrons. The molecule has 1 fully saturated rings. The fourth-order valence-electron chi connectivity index (χ4n) is 3.01. The van der Waals surface area contributed by atoms with Gasteiger partial charge in [-0.3, -0.25) is 4.79 Å². The van der Waals surface area contributed by atoms with E-state index in [-0.39, 0.29) is 12.0 Å².